The maximum absolute atomic E-state index is 12.2. The predicted octanol–water partition coefficient (Wildman–Crippen LogP) is 3.49. The van der Waals surface area contributed by atoms with Crippen LogP contribution in [0.15, 0.2) is 42.5 Å². The number of carbonyl (C=O) groups is 1. The molecule has 1 aromatic heterocycles. The minimum atomic E-state index is -0.643. The molecule has 0 aliphatic carbocycles. The van der Waals surface area contributed by atoms with Crippen molar-refractivity contribution < 1.29 is 14.5 Å². The fourth-order valence-corrected chi connectivity index (χ4v) is 2.98. The largest absolute Gasteiger partial charge is 0.423 e. The number of thiazole rings is 1. The second-order valence-electron chi connectivity index (χ2n) is 5.22. The average molecular weight is 343 g/mol. The first-order valence-electron chi connectivity index (χ1n) is 6.98. The number of anilines is 1. The van der Waals surface area contributed by atoms with Crippen LogP contribution in [0.25, 0.3) is 10.2 Å². The van der Waals surface area contributed by atoms with E-state index in [1.807, 2.05) is 19.0 Å². The second-order valence-corrected chi connectivity index (χ2v) is 6.23. The molecule has 24 heavy (non-hydrogen) atoms. The second kappa shape index (κ2) is 6.25. The summed E-state index contributed by atoms with van der Waals surface area (Å²) in [6.07, 6.45) is 0. The molecule has 0 unspecified atom stereocenters. The number of fused-ring (bicyclic) bond motifs is 1. The van der Waals surface area contributed by atoms with E-state index >= 15 is 0 Å². The molecule has 8 heteroatoms. The number of ether oxygens (including phenoxy) is 1. The number of nitrogens with zero attached hydrogens (tertiary/aromatic N) is 3. The van der Waals surface area contributed by atoms with Gasteiger partial charge in [0.1, 0.15) is 5.75 Å². The van der Waals surface area contributed by atoms with E-state index in [-0.39, 0.29) is 11.3 Å². The summed E-state index contributed by atoms with van der Waals surface area (Å²) in [5.74, 6) is -0.275. The van der Waals surface area contributed by atoms with Gasteiger partial charge in [0.15, 0.2) is 5.13 Å². The zero-order chi connectivity index (χ0) is 17.3. The SMILES string of the molecule is CN(C)c1nc2ccc(OC(=O)c3cccc([N+](=O)[O-])c3)cc2s1. The monoisotopic (exact) mass is 343 g/mol. The molecule has 0 bridgehead atoms. The third-order valence-corrected chi connectivity index (χ3v) is 4.42. The molecule has 7 nitrogen and oxygen atoms in total. The molecular weight excluding hydrogens is 330 g/mol. The van der Waals surface area contributed by atoms with E-state index in [0.717, 1.165) is 15.3 Å². The Bertz CT molecular complexity index is 936. The Kier molecular flexibility index (Phi) is 4.13. The van der Waals surface area contributed by atoms with Crippen molar-refractivity contribution in [2.75, 3.05) is 19.0 Å². The van der Waals surface area contributed by atoms with E-state index in [4.69, 9.17) is 4.74 Å². The number of nitro benzene ring substituents is 1. The lowest BCUT2D eigenvalue weighted by molar-refractivity contribution is -0.384. The number of hydrogen-bond acceptors (Lipinski definition) is 7. The van der Waals surface area contributed by atoms with Crippen LogP contribution in [-0.4, -0.2) is 30.0 Å². The summed E-state index contributed by atoms with van der Waals surface area (Å²) in [5.41, 5.74) is 0.791. The third-order valence-electron chi connectivity index (χ3n) is 3.23. The predicted molar refractivity (Wildman–Crippen MR) is 92.0 cm³/mol. The van der Waals surface area contributed by atoms with Gasteiger partial charge in [0.05, 0.1) is 20.7 Å². The molecule has 122 valence electrons. The molecule has 0 aliphatic rings. The van der Waals surface area contributed by atoms with Gasteiger partial charge < -0.3 is 9.64 Å². The highest BCUT2D eigenvalue weighted by Gasteiger charge is 2.14. The van der Waals surface area contributed by atoms with Crippen molar-refractivity contribution in [1.82, 2.24) is 4.98 Å². The van der Waals surface area contributed by atoms with E-state index in [1.54, 1.807) is 18.2 Å². The van der Waals surface area contributed by atoms with Crippen molar-refractivity contribution in [3.8, 4) is 5.75 Å². The van der Waals surface area contributed by atoms with Crippen LogP contribution in [0.3, 0.4) is 0 Å². The minimum Gasteiger partial charge on any atom is -0.423 e. The van der Waals surface area contributed by atoms with Crippen LogP contribution >= 0.6 is 11.3 Å². The van der Waals surface area contributed by atoms with Crippen LogP contribution in [0.4, 0.5) is 10.8 Å². The van der Waals surface area contributed by atoms with Crippen molar-refractivity contribution in [3.05, 3.63) is 58.1 Å². The van der Waals surface area contributed by atoms with Gasteiger partial charge in [-0.15, -0.1) is 0 Å². The molecule has 2 aromatic carbocycles. The Hall–Kier alpha value is -3.00. The first kappa shape index (κ1) is 15.9. The molecule has 3 rings (SSSR count). The molecular formula is C16H13N3O4S. The van der Waals surface area contributed by atoms with Gasteiger partial charge >= 0.3 is 5.97 Å². The van der Waals surface area contributed by atoms with Crippen LogP contribution in [0, 0.1) is 10.1 Å². The molecule has 0 radical (unpaired) electrons. The Balaban J connectivity index is 1.85. The maximum Gasteiger partial charge on any atom is 0.343 e. The third kappa shape index (κ3) is 3.18. The summed E-state index contributed by atoms with van der Waals surface area (Å²) in [4.78, 5) is 28.8. The van der Waals surface area contributed by atoms with E-state index in [0.29, 0.717) is 5.75 Å². The number of aromatic nitrogens is 1. The van der Waals surface area contributed by atoms with Crippen molar-refractivity contribution in [2.45, 2.75) is 0 Å². The summed E-state index contributed by atoms with van der Waals surface area (Å²) in [6.45, 7) is 0. The lowest BCUT2D eigenvalue weighted by atomic mass is 10.2. The molecule has 1 heterocycles. The highest BCUT2D eigenvalue weighted by atomic mass is 32.1. The van der Waals surface area contributed by atoms with Gasteiger partial charge in [-0.1, -0.05) is 17.4 Å². The van der Waals surface area contributed by atoms with Crippen LogP contribution in [0.1, 0.15) is 10.4 Å². The Labute approximate surface area is 141 Å². The summed E-state index contributed by atoms with van der Waals surface area (Å²) in [5, 5.41) is 11.6. The van der Waals surface area contributed by atoms with Crippen molar-refractivity contribution >= 4 is 38.3 Å². The summed E-state index contributed by atoms with van der Waals surface area (Å²) in [7, 11) is 3.81. The van der Waals surface area contributed by atoms with Crippen molar-refractivity contribution in [2.24, 2.45) is 0 Å². The molecule has 0 amide bonds. The van der Waals surface area contributed by atoms with Gasteiger partial charge in [-0.05, 0) is 18.2 Å². The fraction of sp³-hybridized carbons (Fsp3) is 0.125. The molecule has 0 saturated heterocycles. The maximum atomic E-state index is 12.2. The quantitative estimate of drug-likeness (QED) is 0.312. The van der Waals surface area contributed by atoms with Crippen LogP contribution in [0.2, 0.25) is 0 Å². The Morgan fingerprint density at radius 1 is 1.25 bits per heavy atom. The fourth-order valence-electron chi connectivity index (χ4n) is 2.06. The number of nitro groups is 1. The van der Waals surface area contributed by atoms with Gasteiger partial charge in [-0.2, -0.15) is 0 Å². The van der Waals surface area contributed by atoms with Gasteiger partial charge in [0.2, 0.25) is 0 Å². The first-order valence-corrected chi connectivity index (χ1v) is 7.80. The zero-order valence-electron chi connectivity index (χ0n) is 12.9. The number of benzene rings is 2. The standard InChI is InChI=1S/C16H13N3O4S/c1-18(2)16-17-13-7-6-12(9-14(13)24-16)23-15(20)10-4-3-5-11(8-10)19(21)22/h3-9H,1-2H3. The molecule has 0 aliphatic heterocycles. The average Bonchev–Trinajstić information content (AvgIpc) is 2.98. The van der Waals surface area contributed by atoms with Crippen LogP contribution in [0.5, 0.6) is 5.75 Å². The number of hydrogen-bond donors (Lipinski definition) is 0. The number of rotatable bonds is 4. The Morgan fingerprint density at radius 3 is 2.75 bits per heavy atom. The highest BCUT2D eigenvalue weighted by molar-refractivity contribution is 7.22. The number of esters is 1. The van der Waals surface area contributed by atoms with Gasteiger partial charge in [-0.3, -0.25) is 10.1 Å². The van der Waals surface area contributed by atoms with Gasteiger partial charge in [-0.25, -0.2) is 9.78 Å². The highest BCUT2D eigenvalue weighted by Crippen LogP contribution is 2.30. The number of non-ortho nitro benzene ring substituents is 1. The summed E-state index contributed by atoms with van der Waals surface area (Å²) < 4.78 is 6.21. The van der Waals surface area contributed by atoms with Crippen molar-refractivity contribution in [1.29, 1.82) is 0 Å². The summed E-state index contributed by atoms with van der Waals surface area (Å²) >= 11 is 1.48. The molecule has 0 atom stereocenters. The minimum absolute atomic E-state index is 0.127. The first-order chi connectivity index (χ1) is 11.4. The van der Waals surface area contributed by atoms with E-state index < -0.39 is 10.9 Å². The van der Waals surface area contributed by atoms with E-state index in [1.165, 1.54) is 35.6 Å². The molecule has 0 spiro atoms. The van der Waals surface area contributed by atoms with Crippen LogP contribution < -0.4 is 9.64 Å². The molecule has 0 saturated carbocycles. The molecule has 0 N–H and O–H groups in total. The lowest BCUT2D eigenvalue weighted by Crippen LogP contribution is -2.08. The normalized spacial score (nSPS) is 10.6. The summed E-state index contributed by atoms with van der Waals surface area (Å²) in [6, 6.07) is 10.6. The van der Waals surface area contributed by atoms with Gasteiger partial charge in [0, 0.05) is 32.3 Å². The van der Waals surface area contributed by atoms with Crippen molar-refractivity contribution in [3.63, 3.8) is 0 Å². The Morgan fingerprint density at radius 2 is 2.04 bits per heavy atom. The number of carbonyl (C=O) groups excluding carboxylic acids is 1. The van der Waals surface area contributed by atoms with Gasteiger partial charge in [0.25, 0.3) is 5.69 Å². The van der Waals surface area contributed by atoms with E-state index in [2.05, 4.69) is 4.98 Å². The molecule has 0 fully saturated rings. The topological polar surface area (TPSA) is 85.6 Å². The zero-order valence-corrected chi connectivity index (χ0v) is 13.7. The molecule has 3 aromatic rings. The smallest absolute Gasteiger partial charge is 0.343 e. The van der Waals surface area contributed by atoms with E-state index in [9.17, 15) is 14.9 Å². The van der Waals surface area contributed by atoms with Crippen LogP contribution in [-0.2, 0) is 0 Å². The lowest BCUT2D eigenvalue weighted by Gasteiger charge is -2.04.